The molecule has 1 amide bonds. The van der Waals surface area contributed by atoms with Crippen LogP contribution in [0.5, 0.6) is 0 Å². The minimum atomic E-state index is -0.581. The zero-order valence-corrected chi connectivity index (χ0v) is 21.6. The lowest BCUT2D eigenvalue weighted by Crippen LogP contribution is -2.16. The summed E-state index contributed by atoms with van der Waals surface area (Å²) >= 11 is 1.10. The molecular weight excluding hydrogens is 501 g/mol. The van der Waals surface area contributed by atoms with Crippen LogP contribution in [0.1, 0.15) is 36.9 Å². The Bertz CT molecular complexity index is 1660. The second-order valence-electron chi connectivity index (χ2n) is 8.81. The molecule has 0 aliphatic rings. The molecule has 2 heterocycles. The number of halogens is 1. The molecule has 0 aliphatic carbocycles. The van der Waals surface area contributed by atoms with Crippen molar-refractivity contribution in [2.75, 3.05) is 11.1 Å². The number of anilines is 2. The van der Waals surface area contributed by atoms with Gasteiger partial charge in [-0.3, -0.25) is 4.79 Å². The SMILES string of the molecule is Cc1ccccc1NC(=O)c1c(C)nc2sc(C(=O)OCc3ccccc3)c(N)c2c1-c1ccc(F)cc1. The lowest BCUT2D eigenvalue weighted by molar-refractivity contribution is 0.0479. The topological polar surface area (TPSA) is 94.3 Å². The molecule has 6 nitrogen and oxygen atoms in total. The van der Waals surface area contributed by atoms with Crippen LogP contribution in [0.4, 0.5) is 15.8 Å². The first kappa shape index (κ1) is 25.1. The number of carbonyl (C=O) groups excluding carboxylic acids is 2. The summed E-state index contributed by atoms with van der Waals surface area (Å²) in [7, 11) is 0. The van der Waals surface area contributed by atoms with Crippen molar-refractivity contribution in [2.45, 2.75) is 20.5 Å². The number of fused-ring (bicyclic) bond motifs is 1. The number of benzene rings is 3. The summed E-state index contributed by atoms with van der Waals surface area (Å²) in [6, 6.07) is 22.6. The van der Waals surface area contributed by atoms with E-state index in [-0.39, 0.29) is 23.1 Å². The number of thiophene rings is 1. The number of ether oxygens (including phenoxy) is 1. The van der Waals surface area contributed by atoms with E-state index in [2.05, 4.69) is 10.3 Å². The molecule has 38 heavy (non-hydrogen) atoms. The van der Waals surface area contributed by atoms with E-state index >= 15 is 0 Å². The van der Waals surface area contributed by atoms with E-state index < -0.39 is 11.8 Å². The number of aromatic nitrogens is 1. The van der Waals surface area contributed by atoms with Gasteiger partial charge < -0.3 is 15.8 Å². The first-order valence-corrected chi connectivity index (χ1v) is 12.7. The van der Waals surface area contributed by atoms with Gasteiger partial charge in [0.05, 0.1) is 16.9 Å². The Hall–Kier alpha value is -4.56. The molecule has 2 aromatic heterocycles. The van der Waals surface area contributed by atoms with Gasteiger partial charge in [-0.25, -0.2) is 14.2 Å². The first-order chi connectivity index (χ1) is 18.3. The molecule has 3 N–H and O–H groups in total. The van der Waals surface area contributed by atoms with E-state index in [4.69, 9.17) is 10.5 Å². The fraction of sp³-hybridized carbons (Fsp3) is 0.100. The summed E-state index contributed by atoms with van der Waals surface area (Å²) < 4.78 is 19.3. The number of hydrogen-bond acceptors (Lipinski definition) is 6. The third-order valence-electron chi connectivity index (χ3n) is 6.21. The maximum atomic E-state index is 13.8. The number of nitrogens with two attached hydrogens (primary N) is 1. The Balaban J connectivity index is 1.63. The molecule has 0 bridgehead atoms. The van der Waals surface area contributed by atoms with Crippen LogP contribution < -0.4 is 11.1 Å². The number of hydrogen-bond donors (Lipinski definition) is 2. The normalized spacial score (nSPS) is 10.9. The van der Waals surface area contributed by atoms with Gasteiger partial charge in [0.15, 0.2) is 0 Å². The Kier molecular flexibility index (Phi) is 6.89. The Morgan fingerprint density at radius 2 is 1.66 bits per heavy atom. The van der Waals surface area contributed by atoms with Gasteiger partial charge in [-0.15, -0.1) is 11.3 Å². The number of nitrogens with zero attached hydrogens (tertiary/aromatic N) is 1. The number of nitrogen functional groups attached to an aromatic ring is 1. The number of carbonyl (C=O) groups is 2. The number of nitrogens with one attached hydrogen (secondary N) is 1. The van der Waals surface area contributed by atoms with Gasteiger partial charge in [0.1, 0.15) is 22.1 Å². The van der Waals surface area contributed by atoms with Crippen molar-refractivity contribution < 1.29 is 18.7 Å². The van der Waals surface area contributed by atoms with Gasteiger partial charge in [-0.1, -0.05) is 60.7 Å². The van der Waals surface area contributed by atoms with Crippen LogP contribution in [0.2, 0.25) is 0 Å². The van der Waals surface area contributed by atoms with Crippen molar-refractivity contribution in [1.29, 1.82) is 0 Å². The second-order valence-corrected chi connectivity index (χ2v) is 9.81. The highest BCUT2D eigenvalue weighted by Crippen LogP contribution is 2.42. The van der Waals surface area contributed by atoms with Crippen molar-refractivity contribution >= 4 is 44.8 Å². The third-order valence-corrected chi connectivity index (χ3v) is 7.29. The standard InChI is InChI=1S/C30H24FN3O3S/c1-17-8-6-7-11-22(17)34-28(35)23-18(2)33-29-25(24(23)20-12-14-21(31)15-13-20)26(32)27(38-29)30(36)37-16-19-9-4-3-5-10-19/h3-15H,16,32H2,1-2H3,(H,34,35). The predicted octanol–water partition coefficient (Wildman–Crippen LogP) is 6.91. The zero-order valence-electron chi connectivity index (χ0n) is 20.7. The van der Waals surface area contributed by atoms with Crippen molar-refractivity contribution in [1.82, 2.24) is 4.98 Å². The molecule has 0 fully saturated rings. The quantitative estimate of drug-likeness (QED) is 0.235. The van der Waals surface area contributed by atoms with Crippen LogP contribution in [-0.2, 0) is 11.3 Å². The lowest BCUT2D eigenvalue weighted by atomic mass is 9.94. The number of amides is 1. The van der Waals surface area contributed by atoms with Crippen molar-refractivity contribution in [3.63, 3.8) is 0 Å². The summed E-state index contributed by atoms with van der Waals surface area (Å²) in [4.78, 5) is 32.0. The molecule has 5 aromatic rings. The monoisotopic (exact) mass is 525 g/mol. The molecular formula is C30H24FN3O3S. The van der Waals surface area contributed by atoms with Gasteiger partial charge in [0.2, 0.25) is 0 Å². The highest BCUT2D eigenvalue weighted by Gasteiger charge is 2.27. The van der Waals surface area contributed by atoms with E-state index in [1.807, 2.05) is 61.5 Å². The maximum Gasteiger partial charge on any atom is 0.350 e. The average molecular weight is 526 g/mol. The van der Waals surface area contributed by atoms with E-state index in [1.54, 1.807) is 19.1 Å². The largest absolute Gasteiger partial charge is 0.457 e. The molecule has 0 saturated carbocycles. The van der Waals surface area contributed by atoms with Crippen LogP contribution in [0.25, 0.3) is 21.3 Å². The molecule has 0 aliphatic heterocycles. The van der Waals surface area contributed by atoms with Crippen LogP contribution in [0, 0.1) is 19.7 Å². The fourth-order valence-corrected chi connectivity index (χ4v) is 5.33. The summed E-state index contributed by atoms with van der Waals surface area (Å²) in [6.45, 7) is 3.71. The van der Waals surface area contributed by atoms with Gasteiger partial charge in [0.25, 0.3) is 5.91 Å². The van der Waals surface area contributed by atoms with Crippen LogP contribution >= 0.6 is 11.3 Å². The van der Waals surface area contributed by atoms with Gasteiger partial charge >= 0.3 is 5.97 Å². The molecule has 0 saturated heterocycles. The second kappa shape index (κ2) is 10.4. The summed E-state index contributed by atoms with van der Waals surface area (Å²) in [6.07, 6.45) is 0. The Morgan fingerprint density at radius 3 is 2.37 bits per heavy atom. The van der Waals surface area contributed by atoms with Gasteiger partial charge in [-0.2, -0.15) is 0 Å². The number of para-hydroxylation sites is 1. The molecule has 0 atom stereocenters. The van der Waals surface area contributed by atoms with Crippen molar-refractivity contribution in [2.24, 2.45) is 0 Å². The highest BCUT2D eigenvalue weighted by molar-refractivity contribution is 7.21. The van der Waals surface area contributed by atoms with Gasteiger partial charge in [-0.05, 0) is 48.7 Å². The molecule has 0 radical (unpaired) electrons. The molecule has 5 rings (SSSR count). The van der Waals surface area contributed by atoms with Crippen molar-refractivity contribution in [3.05, 3.63) is 112 Å². The molecule has 190 valence electrons. The lowest BCUT2D eigenvalue weighted by Gasteiger charge is -2.16. The number of pyridine rings is 1. The van der Waals surface area contributed by atoms with E-state index in [1.165, 1.54) is 12.1 Å². The Labute approximate surface area is 222 Å². The first-order valence-electron chi connectivity index (χ1n) is 11.9. The fourth-order valence-electron chi connectivity index (χ4n) is 4.29. The van der Waals surface area contributed by atoms with Crippen LogP contribution in [-0.4, -0.2) is 16.9 Å². The summed E-state index contributed by atoms with van der Waals surface area (Å²) in [5.74, 6) is -1.38. The average Bonchev–Trinajstić information content (AvgIpc) is 3.24. The Morgan fingerprint density at radius 1 is 0.974 bits per heavy atom. The summed E-state index contributed by atoms with van der Waals surface area (Å²) in [5, 5.41) is 3.41. The number of rotatable bonds is 6. The van der Waals surface area contributed by atoms with E-state index in [0.717, 1.165) is 22.5 Å². The smallest absolute Gasteiger partial charge is 0.350 e. The third kappa shape index (κ3) is 4.86. The van der Waals surface area contributed by atoms with E-state index in [9.17, 15) is 14.0 Å². The predicted molar refractivity (Wildman–Crippen MR) is 149 cm³/mol. The molecule has 0 spiro atoms. The van der Waals surface area contributed by atoms with Gasteiger partial charge in [0, 0.05) is 16.6 Å². The zero-order chi connectivity index (χ0) is 26.8. The number of esters is 1. The molecule has 8 heteroatoms. The minimum Gasteiger partial charge on any atom is -0.457 e. The summed E-state index contributed by atoms with van der Waals surface area (Å²) in [5.41, 5.74) is 10.9. The number of aryl methyl sites for hydroxylation is 2. The van der Waals surface area contributed by atoms with Crippen LogP contribution in [0.15, 0.2) is 78.9 Å². The minimum absolute atomic E-state index is 0.0920. The van der Waals surface area contributed by atoms with E-state index in [0.29, 0.717) is 38.3 Å². The highest BCUT2D eigenvalue weighted by atomic mass is 32.1. The molecule has 0 unspecified atom stereocenters. The molecule has 3 aromatic carbocycles. The maximum absolute atomic E-state index is 13.8. The van der Waals surface area contributed by atoms with Crippen molar-refractivity contribution in [3.8, 4) is 11.1 Å². The van der Waals surface area contributed by atoms with Crippen LogP contribution in [0.3, 0.4) is 0 Å².